The van der Waals surface area contributed by atoms with E-state index >= 15 is 0 Å². The Bertz CT molecular complexity index is 570. The van der Waals surface area contributed by atoms with Crippen LogP contribution in [0.15, 0.2) is 44.2 Å². The second kappa shape index (κ2) is 4.61. The molecule has 1 aliphatic heterocycles. The summed E-state index contributed by atoms with van der Waals surface area (Å²) in [7, 11) is 0. The van der Waals surface area contributed by atoms with Crippen molar-refractivity contribution in [1.82, 2.24) is 4.98 Å². The Kier molecular flexibility index (Phi) is 3.15. The number of allylic oxidation sites excluding steroid dienone is 4. The lowest BCUT2D eigenvalue weighted by Gasteiger charge is -2.10. The van der Waals surface area contributed by atoms with E-state index in [0.29, 0.717) is 17.0 Å². The second-order valence-corrected chi connectivity index (χ2v) is 4.16. The van der Waals surface area contributed by atoms with Gasteiger partial charge in [-0.1, -0.05) is 38.0 Å². The van der Waals surface area contributed by atoms with E-state index < -0.39 is 0 Å². The molecule has 2 heterocycles. The Morgan fingerprint density at radius 2 is 2.22 bits per heavy atom. The summed E-state index contributed by atoms with van der Waals surface area (Å²) in [5, 5.41) is 3.17. The number of hydrogen-bond donors (Lipinski definition) is 1. The molecule has 0 fully saturated rings. The number of nitrogens with one attached hydrogen (secondary N) is 1. The average Bonchev–Trinajstić information content (AvgIpc) is 2.64. The monoisotopic (exact) mass is 242 g/mol. The molecule has 1 N–H and O–H groups in total. The molecule has 0 aliphatic carbocycles. The number of rotatable bonds is 3. The first-order chi connectivity index (χ1) is 8.60. The molecule has 0 radical (unpaired) electrons. The second-order valence-electron chi connectivity index (χ2n) is 4.16. The van der Waals surface area contributed by atoms with E-state index in [-0.39, 0.29) is 11.9 Å². The summed E-state index contributed by atoms with van der Waals surface area (Å²) in [6.45, 7) is 13.3. The topological polar surface area (TPSA) is 24.9 Å². The van der Waals surface area contributed by atoms with Crippen LogP contribution in [-0.4, -0.2) is 11.0 Å². The fraction of sp³-hybridized carbons (Fsp3) is 0.133. The number of pyridine rings is 1. The van der Waals surface area contributed by atoms with E-state index in [0.717, 1.165) is 11.1 Å². The molecule has 0 saturated heterocycles. The molecule has 1 unspecified atom stereocenters. The van der Waals surface area contributed by atoms with Gasteiger partial charge in [-0.25, -0.2) is 9.37 Å². The van der Waals surface area contributed by atoms with Crippen molar-refractivity contribution in [3.63, 3.8) is 0 Å². The first-order valence-corrected chi connectivity index (χ1v) is 5.69. The summed E-state index contributed by atoms with van der Waals surface area (Å²) in [5.41, 5.74) is 2.73. The normalized spacial score (nSPS) is 18.2. The molecule has 0 amide bonds. The molecule has 1 aromatic rings. The van der Waals surface area contributed by atoms with Crippen molar-refractivity contribution < 1.29 is 4.39 Å². The van der Waals surface area contributed by atoms with E-state index in [1.54, 1.807) is 18.2 Å². The van der Waals surface area contributed by atoms with Crippen molar-refractivity contribution in [2.45, 2.75) is 13.0 Å². The first-order valence-electron chi connectivity index (χ1n) is 5.69. The minimum Gasteiger partial charge on any atom is -0.363 e. The number of halogens is 1. The third-order valence-corrected chi connectivity index (χ3v) is 3.04. The Morgan fingerprint density at radius 1 is 1.50 bits per heavy atom. The highest BCUT2D eigenvalue weighted by molar-refractivity contribution is 5.93. The van der Waals surface area contributed by atoms with Gasteiger partial charge in [-0.15, -0.1) is 0 Å². The summed E-state index contributed by atoms with van der Waals surface area (Å²) < 4.78 is 14.1. The minimum atomic E-state index is -0.376. The maximum Gasteiger partial charge on any atom is 0.150 e. The molecule has 92 valence electrons. The molecule has 1 atom stereocenters. The number of aromatic nitrogens is 1. The third-order valence-electron chi connectivity index (χ3n) is 3.04. The Labute approximate surface area is 106 Å². The largest absolute Gasteiger partial charge is 0.363 e. The van der Waals surface area contributed by atoms with Crippen molar-refractivity contribution in [3.8, 4) is 0 Å². The van der Waals surface area contributed by atoms with Crippen LogP contribution in [-0.2, 0) is 0 Å². The summed E-state index contributed by atoms with van der Waals surface area (Å²) in [5.74, 6) is 0.291. The molecular weight excluding hydrogens is 227 g/mol. The van der Waals surface area contributed by atoms with Crippen LogP contribution in [0.2, 0.25) is 0 Å². The molecule has 3 heteroatoms. The van der Waals surface area contributed by atoms with E-state index in [2.05, 4.69) is 30.0 Å². The molecule has 2 nitrogen and oxygen atoms in total. The van der Waals surface area contributed by atoms with Gasteiger partial charge in [0.2, 0.25) is 0 Å². The molecule has 1 aromatic heterocycles. The summed E-state index contributed by atoms with van der Waals surface area (Å²) in [6.07, 6.45) is 6.16. The summed E-state index contributed by atoms with van der Waals surface area (Å²) in [6, 6.07) is 0.0582. The van der Waals surface area contributed by atoms with Gasteiger partial charge >= 0.3 is 0 Å². The quantitative estimate of drug-likeness (QED) is 0.815. The van der Waals surface area contributed by atoms with E-state index in [1.807, 2.05) is 6.92 Å². The summed E-state index contributed by atoms with van der Waals surface area (Å²) >= 11 is 0. The highest BCUT2D eigenvalue weighted by atomic mass is 19.1. The fourth-order valence-electron chi connectivity index (χ4n) is 2.08. The standard InChI is InChI=1S/C15H15FN2/c1-5-7-11(6-2)14-12(16)8-17-15-13(14)9(3)10(4)18-15/h5-8,10H,1-3H2,4H3,(H,17,18). The van der Waals surface area contributed by atoms with Crippen LogP contribution in [0.1, 0.15) is 18.1 Å². The zero-order valence-electron chi connectivity index (χ0n) is 10.3. The third kappa shape index (κ3) is 1.78. The lowest BCUT2D eigenvalue weighted by molar-refractivity contribution is 0.618. The summed E-state index contributed by atoms with van der Waals surface area (Å²) in [4.78, 5) is 4.06. The zero-order valence-corrected chi connectivity index (χ0v) is 10.3. The average molecular weight is 242 g/mol. The molecule has 18 heavy (non-hydrogen) atoms. The van der Waals surface area contributed by atoms with E-state index in [9.17, 15) is 4.39 Å². The van der Waals surface area contributed by atoms with Gasteiger partial charge in [0, 0.05) is 11.1 Å². The van der Waals surface area contributed by atoms with Crippen molar-refractivity contribution in [3.05, 3.63) is 61.1 Å². The first kappa shape index (κ1) is 12.3. The SMILES string of the molecule is C=CC=C(C=C)c1c(F)cnc2c1C(=C)C(C)N2. The number of hydrogen-bond acceptors (Lipinski definition) is 2. The van der Waals surface area contributed by atoms with E-state index in [1.165, 1.54) is 6.20 Å². The lowest BCUT2D eigenvalue weighted by Crippen LogP contribution is -2.07. The van der Waals surface area contributed by atoms with Gasteiger partial charge in [-0.3, -0.25) is 0 Å². The van der Waals surface area contributed by atoms with Gasteiger partial charge in [-0.05, 0) is 18.1 Å². The van der Waals surface area contributed by atoms with Crippen LogP contribution in [0, 0.1) is 5.82 Å². The maximum absolute atomic E-state index is 14.1. The number of anilines is 1. The van der Waals surface area contributed by atoms with Crippen LogP contribution >= 0.6 is 0 Å². The Hall–Kier alpha value is -2.16. The predicted octanol–water partition coefficient (Wildman–Crippen LogP) is 3.80. The van der Waals surface area contributed by atoms with Gasteiger partial charge < -0.3 is 5.32 Å². The van der Waals surface area contributed by atoms with Gasteiger partial charge in [0.25, 0.3) is 0 Å². The maximum atomic E-state index is 14.1. The predicted molar refractivity (Wildman–Crippen MR) is 74.7 cm³/mol. The smallest absolute Gasteiger partial charge is 0.150 e. The molecular formula is C15H15FN2. The molecule has 2 rings (SSSR count). The molecule has 0 saturated carbocycles. The molecule has 0 bridgehead atoms. The molecule has 0 aromatic carbocycles. The van der Waals surface area contributed by atoms with Gasteiger partial charge in [0.05, 0.1) is 12.2 Å². The van der Waals surface area contributed by atoms with Crippen LogP contribution in [0.4, 0.5) is 10.2 Å². The van der Waals surface area contributed by atoms with Crippen molar-refractivity contribution in [2.24, 2.45) is 0 Å². The number of nitrogens with zero attached hydrogens (tertiary/aromatic N) is 1. The van der Waals surface area contributed by atoms with Crippen LogP contribution in [0.3, 0.4) is 0 Å². The van der Waals surface area contributed by atoms with Crippen LogP contribution < -0.4 is 5.32 Å². The van der Waals surface area contributed by atoms with Gasteiger partial charge in [0.1, 0.15) is 11.6 Å². The van der Waals surface area contributed by atoms with Crippen LogP contribution in [0.5, 0.6) is 0 Å². The van der Waals surface area contributed by atoms with Gasteiger partial charge in [0.15, 0.2) is 0 Å². The highest BCUT2D eigenvalue weighted by Crippen LogP contribution is 2.39. The molecule has 1 aliphatic rings. The van der Waals surface area contributed by atoms with Crippen molar-refractivity contribution >= 4 is 17.0 Å². The zero-order chi connectivity index (χ0) is 13.3. The van der Waals surface area contributed by atoms with E-state index in [4.69, 9.17) is 0 Å². The number of fused-ring (bicyclic) bond motifs is 1. The minimum absolute atomic E-state index is 0.0582. The Morgan fingerprint density at radius 3 is 2.83 bits per heavy atom. The highest BCUT2D eigenvalue weighted by Gasteiger charge is 2.27. The Balaban J connectivity index is 2.72. The lowest BCUT2D eigenvalue weighted by atomic mass is 9.95. The fourth-order valence-corrected chi connectivity index (χ4v) is 2.08. The van der Waals surface area contributed by atoms with Gasteiger partial charge in [-0.2, -0.15) is 0 Å². The molecule has 0 spiro atoms. The van der Waals surface area contributed by atoms with Crippen molar-refractivity contribution in [1.29, 1.82) is 0 Å². The van der Waals surface area contributed by atoms with Crippen molar-refractivity contribution in [2.75, 3.05) is 5.32 Å². The van der Waals surface area contributed by atoms with Crippen LogP contribution in [0.25, 0.3) is 11.1 Å².